The van der Waals surface area contributed by atoms with Crippen molar-refractivity contribution in [3.05, 3.63) is 66.0 Å². The van der Waals surface area contributed by atoms with Crippen LogP contribution >= 0.6 is 0 Å². The van der Waals surface area contributed by atoms with Crippen LogP contribution in [0.5, 0.6) is 11.5 Å². The molecule has 0 spiro atoms. The first-order valence-corrected chi connectivity index (χ1v) is 11.6. The molecule has 0 atom stereocenters. The molecule has 34 heavy (non-hydrogen) atoms. The van der Waals surface area contributed by atoms with E-state index in [0.717, 1.165) is 54.7 Å². The normalized spacial score (nSPS) is 14.6. The minimum absolute atomic E-state index is 0.0578. The van der Waals surface area contributed by atoms with Crippen molar-refractivity contribution < 1.29 is 14.3 Å². The number of hydrogen-bond acceptors (Lipinski definition) is 7. The second-order valence-corrected chi connectivity index (χ2v) is 8.47. The number of methoxy groups -OCH3 is 1. The van der Waals surface area contributed by atoms with Gasteiger partial charge in [0.05, 0.1) is 19.3 Å². The molecule has 0 unspecified atom stereocenters. The standard InChI is InChI=1S/C26H31N5O3/c1-4-34-25-23(33-3)6-5-19(24(25)21-14-28-17-29-15-21)16-31-9-7-22(8-10-31)30-26(32)20-11-18(2)12-27-13-20/h5-6,11-15,17,22H,4,7-10,16H2,1-3H3,(H,30,32). The summed E-state index contributed by atoms with van der Waals surface area (Å²) < 4.78 is 11.6. The summed E-state index contributed by atoms with van der Waals surface area (Å²) in [5, 5.41) is 3.17. The smallest absolute Gasteiger partial charge is 0.253 e. The first-order valence-electron chi connectivity index (χ1n) is 11.6. The Labute approximate surface area is 200 Å². The number of likely N-dealkylation sites (tertiary alicyclic amines) is 1. The Hall–Kier alpha value is -3.52. The van der Waals surface area contributed by atoms with Gasteiger partial charge in [-0.25, -0.2) is 9.97 Å². The summed E-state index contributed by atoms with van der Waals surface area (Å²) in [5.74, 6) is 1.35. The maximum Gasteiger partial charge on any atom is 0.253 e. The van der Waals surface area contributed by atoms with E-state index in [1.165, 1.54) is 6.33 Å². The highest BCUT2D eigenvalue weighted by molar-refractivity contribution is 5.94. The largest absolute Gasteiger partial charge is 0.493 e. The Morgan fingerprint density at radius 1 is 1.12 bits per heavy atom. The molecule has 1 aliphatic heterocycles. The van der Waals surface area contributed by atoms with E-state index in [2.05, 4.69) is 31.2 Å². The maximum atomic E-state index is 12.6. The molecule has 4 rings (SSSR count). The van der Waals surface area contributed by atoms with E-state index in [4.69, 9.17) is 9.47 Å². The number of rotatable bonds is 8. The van der Waals surface area contributed by atoms with Crippen molar-refractivity contribution in [1.29, 1.82) is 0 Å². The van der Waals surface area contributed by atoms with Crippen molar-refractivity contribution >= 4 is 5.91 Å². The topological polar surface area (TPSA) is 89.5 Å². The molecule has 8 nitrogen and oxygen atoms in total. The van der Waals surface area contributed by atoms with Crippen LogP contribution in [0.2, 0.25) is 0 Å². The summed E-state index contributed by atoms with van der Waals surface area (Å²) in [5.41, 5.74) is 4.58. The fourth-order valence-corrected chi connectivity index (χ4v) is 4.35. The number of nitrogens with one attached hydrogen (secondary N) is 1. The third-order valence-corrected chi connectivity index (χ3v) is 6.02. The molecular formula is C26H31N5O3. The summed E-state index contributed by atoms with van der Waals surface area (Å²) in [7, 11) is 1.65. The van der Waals surface area contributed by atoms with Gasteiger partial charge < -0.3 is 14.8 Å². The number of pyridine rings is 1. The quantitative estimate of drug-likeness (QED) is 0.548. The highest BCUT2D eigenvalue weighted by Crippen LogP contribution is 2.41. The van der Waals surface area contributed by atoms with Crippen LogP contribution < -0.4 is 14.8 Å². The highest BCUT2D eigenvalue weighted by atomic mass is 16.5. The summed E-state index contributed by atoms with van der Waals surface area (Å²) in [4.78, 5) is 27.5. The SMILES string of the molecule is CCOc1c(OC)ccc(CN2CCC(NC(=O)c3cncc(C)c3)CC2)c1-c1cncnc1. The van der Waals surface area contributed by atoms with Gasteiger partial charge in [-0.15, -0.1) is 0 Å². The molecule has 1 aromatic carbocycles. The summed E-state index contributed by atoms with van der Waals surface area (Å²) in [6.07, 6.45) is 10.3. The third-order valence-electron chi connectivity index (χ3n) is 6.02. The molecule has 0 aliphatic carbocycles. The average Bonchev–Trinajstić information content (AvgIpc) is 2.86. The Balaban J connectivity index is 1.46. The number of aromatic nitrogens is 3. The van der Waals surface area contributed by atoms with Gasteiger partial charge in [0, 0.05) is 61.6 Å². The zero-order valence-corrected chi connectivity index (χ0v) is 20.0. The first kappa shape index (κ1) is 23.6. The third kappa shape index (κ3) is 5.51. The Morgan fingerprint density at radius 2 is 1.88 bits per heavy atom. The van der Waals surface area contributed by atoms with Crippen molar-refractivity contribution in [2.75, 3.05) is 26.8 Å². The number of carbonyl (C=O) groups excluding carboxylic acids is 1. The van der Waals surface area contributed by atoms with Crippen molar-refractivity contribution in [2.24, 2.45) is 0 Å². The van der Waals surface area contributed by atoms with Crippen LogP contribution in [0.25, 0.3) is 11.1 Å². The van der Waals surface area contributed by atoms with Gasteiger partial charge in [0.25, 0.3) is 5.91 Å². The lowest BCUT2D eigenvalue weighted by Gasteiger charge is -2.33. The molecule has 1 amide bonds. The molecule has 1 fully saturated rings. The summed E-state index contributed by atoms with van der Waals surface area (Å²) in [6.45, 7) is 6.96. The van der Waals surface area contributed by atoms with E-state index in [9.17, 15) is 4.79 Å². The second kappa shape index (κ2) is 11.1. The number of ether oxygens (including phenoxy) is 2. The summed E-state index contributed by atoms with van der Waals surface area (Å²) in [6, 6.07) is 6.06. The van der Waals surface area contributed by atoms with Crippen molar-refractivity contribution in [3.63, 3.8) is 0 Å². The predicted octanol–water partition coefficient (Wildman–Crippen LogP) is 3.65. The van der Waals surface area contributed by atoms with E-state index in [-0.39, 0.29) is 11.9 Å². The van der Waals surface area contributed by atoms with E-state index < -0.39 is 0 Å². The highest BCUT2D eigenvalue weighted by Gasteiger charge is 2.24. The number of hydrogen-bond donors (Lipinski definition) is 1. The fraction of sp³-hybridized carbons (Fsp3) is 0.385. The second-order valence-electron chi connectivity index (χ2n) is 8.47. The number of carbonyl (C=O) groups is 1. The van der Waals surface area contributed by atoms with Gasteiger partial charge in [-0.2, -0.15) is 0 Å². The monoisotopic (exact) mass is 461 g/mol. The Kier molecular flexibility index (Phi) is 7.69. The van der Waals surface area contributed by atoms with Crippen LogP contribution in [-0.2, 0) is 6.54 Å². The number of benzene rings is 1. The first-order chi connectivity index (χ1) is 16.6. The van der Waals surface area contributed by atoms with E-state index in [0.29, 0.717) is 23.7 Å². The van der Waals surface area contributed by atoms with Crippen LogP contribution in [0, 0.1) is 6.92 Å². The van der Waals surface area contributed by atoms with Crippen LogP contribution in [0.1, 0.15) is 41.3 Å². The van der Waals surface area contributed by atoms with Gasteiger partial charge in [-0.05, 0) is 49.9 Å². The lowest BCUT2D eigenvalue weighted by atomic mass is 9.98. The fourth-order valence-electron chi connectivity index (χ4n) is 4.35. The molecule has 3 aromatic rings. The van der Waals surface area contributed by atoms with Crippen LogP contribution in [0.15, 0.2) is 49.3 Å². The number of amides is 1. The molecule has 2 aromatic heterocycles. The van der Waals surface area contributed by atoms with Gasteiger partial charge in [0.2, 0.25) is 0 Å². The molecule has 0 saturated carbocycles. The summed E-state index contributed by atoms with van der Waals surface area (Å²) >= 11 is 0. The van der Waals surface area contributed by atoms with Gasteiger partial charge >= 0.3 is 0 Å². The zero-order valence-electron chi connectivity index (χ0n) is 20.0. The molecular weight excluding hydrogens is 430 g/mol. The van der Waals surface area contributed by atoms with Crippen molar-refractivity contribution in [2.45, 2.75) is 39.3 Å². The number of nitrogens with zero attached hydrogens (tertiary/aromatic N) is 4. The van der Waals surface area contributed by atoms with Gasteiger partial charge in [-0.3, -0.25) is 14.7 Å². The van der Waals surface area contributed by atoms with Crippen molar-refractivity contribution in [1.82, 2.24) is 25.2 Å². The molecule has 0 bridgehead atoms. The van der Waals surface area contributed by atoms with Crippen LogP contribution in [0.3, 0.4) is 0 Å². The van der Waals surface area contributed by atoms with Crippen LogP contribution in [-0.4, -0.2) is 58.6 Å². The van der Waals surface area contributed by atoms with Gasteiger partial charge in [0.1, 0.15) is 6.33 Å². The van der Waals surface area contributed by atoms with Crippen molar-refractivity contribution in [3.8, 4) is 22.6 Å². The van der Waals surface area contributed by atoms with Gasteiger partial charge in [-0.1, -0.05) is 6.07 Å². The predicted molar refractivity (Wildman–Crippen MR) is 130 cm³/mol. The molecule has 8 heteroatoms. The van der Waals surface area contributed by atoms with E-state index >= 15 is 0 Å². The Morgan fingerprint density at radius 3 is 2.56 bits per heavy atom. The van der Waals surface area contributed by atoms with E-state index in [1.807, 2.05) is 26.0 Å². The maximum absolute atomic E-state index is 12.6. The number of aryl methyl sites for hydroxylation is 1. The van der Waals surface area contributed by atoms with Gasteiger partial charge in [0.15, 0.2) is 11.5 Å². The Bertz CT molecular complexity index is 1110. The molecule has 3 heterocycles. The minimum Gasteiger partial charge on any atom is -0.493 e. The molecule has 1 N–H and O–H groups in total. The molecule has 178 valence electrons. The average molecular weight is 462 g/mol. The molecule has 1 aliphatic rings. The zero-order chi connectivity index (χ0) is 23.9. The molecule has 0 radical (unpaired) electrons. The van der Waals surface area contributed by atoms with Crippen LogP contribution in [0.4, 0.5) is 0 Å². The lowest BCUT2D eigenvalue weighted by molar-refractivity contribution is 0.0908. The molecule has 1 saturated heterocycles. The lowest BCUT2D eigenvalue weighted by Crippen LogP contribution is -2.44. The van der Waals surface area contributed by atoms with E-state index in [1.54, 1.807) is 31.9 Å². The minimum atomic E-state index is -0.0578. The number of piperidine rings is 1.